The van der Waals surface area contributed by atoms with Crippen molar-refractivity contribution >= 4 is 22.6 Å². The number of fused-ring (bicyclic) bond motifs is 1. The third kappa shape index (κ3) is 3.53. The lowest BCUT2D eigenvalue weighted by atomic mass is 10.1. The SMILES string of the molecule is CC(C)Cn1nc(C(=O)N2CCN(C(=O)C3CC3)CC2)c2ccccc2c1=O. The molecule has 2 aromatic rings. The first-order chi connectivity index (χ1) is 13.5. The normalized spacial score (nSPS) is 17.4. The number of hydrogen-bond donors (Lipinski definition) is 0. The maximum Gasteiger partial charge on any atom is 0.275 e. The van der Waals surface area contributed by atoms with Gasteiger partial charge in [0.15, 0.2) is 5.69 Å². The first-order valence-electron chi connectivity index (χ1n) is 10.0. The highest BCUT2D eigenvalue weighted by Gasteiger charge is 2.35. The Morgan fingerprint density at radius 2 is 1.64 bits per heavy atom. The molecule has 1 aromatic heterocycles. The maximum absolute atomic E-state index is 13.2. The number of nitrogens with zero attached hydrogens (tertiary/aromatic N) is 4. The standard InChI is InChI=1S/C21H26N4O3/c1-14(2)13-25-20(27)17-6-4-3-5-16(17)18(22-25)21(28)24-11-9-23(10-12-24)19(26)15-7-8-15/h3-6,14-15H,7-13H2,1-2H3. The van der Waals surface area contributed by atoms with Crippen molar-refractivity contribution in [2.45, 2.75) is 33.2 Å². The van der Waals surface area contributed by atoms with E-state index in [0.29, 0.717) is 49.2 Å². The van der Waals surface area contributed by atoms with Crippen LogP contribution in [0.25, 0.3) is 10.8 Å². The Morgan fingerprint density at radius 1 is 1.04 bits per heavy atom. The van der Waals surface area contributed by atoms with Gasteiger partial charge in [-0.25, -0.2) is 4.68 Å². The van der Waals surface area contributed by atoms with Crippen LogP contribution in [0.5, 0.6) is 0 Å². The van der Waals surface area contributed by atoms with Crippen molar-refractivity contribution in [3.63, 3.8) is 0 Å². The summed E-state index contributed by atoms with van der Waals surface area (Å²) in [7, 11) is 0. The average molecular weight is 382 g/mol. The minimum atomic E-state index is -0.174. The molecule has 0 radical (unpaired) electrons. The molecule has 2 fully saturated rings. The van der Waals surface area contributed by atoms with Crippen LogP contribution in [0.2, 0.25) is 0 Å². The lowest BCUT2D eigenvalue weighted by Crippen LogP contribution is -2.51. The largest absolute Gasteiger partial charge is 0.339 e. The van der Waals surface area contributed by atoms with Gasteiger partial charge >= 0.3 is 0 Å². The summed E-state index contributed by atoms with van der Waals surface area (Å²) >= 11 is 0. The molecule has 1 saturated heterocycles. The average Bonchev–Trinajstić information content (AvgIpc) is 3.54. The highest BCUT2D eigenvalue weighted by Crippen LogP contribution is 2.31. The summed E-state index contributed by atoms with van der Waals surface area (Å²) in [6.07, 6.45) is 1.98. The highest BCUT2D eigenvalue weighted by molar-refractivity contribution is 6.04. The summed E-state index contributed by atoms with van der Waals surface area (Å²) in [4.78, 5) is 41.8. The number of rotatable bonds is 4. The smallest absolute Gasteiger partial charge is 0.275 e. The van der Waals surface area contributed by atoms with E-state index >= 15 is 0 Å². The van der Waals surface area contributed by atoms with E-state index in [1.54, 1.807) is 23.1 Å². The summed E-state index contributed by atoms with van der Waals surface area (Å²) in [6.45, 7) is 6.61. The van der Waals surface area contributed by atoms with Crippen LogP contribution in [-0.2, 0) is 11.3 Å². The van der Waals surface area contributed by atoms with Gasteiger partial charge in [0, 0.05) is 44.0 Å². The zero-order valence-electron chi connectivity index (χ0n) is 16.4. The number of aromatic nitrogens is 2. The number of amides is 2. The Hall–Kier alpha value is -2.70. The molecule has 0 bridgehead atoms. The Labute approximate surface area is 163 Å². The molecule has 7 nitrogen and oxygen atoms in total. The third-order valence-corrected chi connectivity index (χ3v) is 5.41. The highest BCUT2D eigenvalue weighted by atomic mass is 16.2. The number of benzene rings is 1. The van der Waals surface area contributed by atoms with Crippen molar-refractivity contribution in [1.29, 1.82) is 0 Å². The van der Waals surface area contributed by atoms with Gasteiger partial charge in [-0.2, -0.15) is 5.10 Å². The van der Waals surface area contributed by atoms with Crippen LogP contribution < -0.4 is 5.56 Å². The molecule has 0 N–H and O–H groups in total. The van der Waals surface area contributed by atoms with Crippen LogP contribution in [0.3, 0.4) is 0 Å². The van der Waals surface area contributed by atoms with Crippen LogP contribution in [-0.4, -0.2) is 57.6 Å². The van der Waals surface area contributed by atoms with E-state index in [9.17, 15) is 14.4 Å². The minimum Gasteiger partial charge on any atom is -0.339 e. The first kappa shape index (κ1) is 18.7. The van der Waals surface area contributed by atoms with Gasteiger partial charge in [-0.05, 0) is 24.8 Å². The summed E-state index contributed by atoms with van der Waals surface area (Å²) in [5.74, 6) is 0.493. The first-order valence-corrected chi connectivity index (χ1v) is 10.0. The number of carbonyl (C=O) groups is 2. The van der Waals surface area contributed by atoms with Gasteiger partial charge in [0.1, 0.15) is 0 Å². The number of hydrogen-bond acceptors (Lipinski definition) is 4. The molecule has 2 heterocycles. The molecule has 1 aromatic carbocycles. The second kappa shape index (κ2) is 7.37. The summed E-state index contributed by atoms with van der Waals surface area (Å²) in [5.41, 5.74) is 0.151. The van der Waals surface area contributed by atoms with E-state index in [2.05, 4.69) is 5.10 Å². The van der Waals surface area contributed by atoms with E-state index in [-0.39, 0.29) is 29.2 Å². The lowest BCUT2D eigenvalue weighted by Gasteiger charge is -2.34. The molecule has 0 unspecified atom stereocenters. The van der Waals surface area contributed by atoms with Crippen molar-refractivity contribution in [2.24, 2.45) is 11.8 Å². The van der Waals surface area contributed by atoms with E-state index < -0.39 is 0 Å². The molecule has 1 aliphatic carbocycles. The van der Waals surface area contributed by atoms with Gasteiger partial charge in [-0.15, -0.1) is 0 Å². The fourth-order valence-corrected chi connectivity index (χ4v) is 3.73. The van der Waals surface area contributed by atoms with Gasteiger partial charge in [-0.3, -0.25) is 14.4 Å². The molecule has 1 saturated carbocycles. The topological polar surface area (TPSA) is 75.5 Å². The van der Waals surface area contributed by atoms with Crippen molar-refractivity contribution in [1.82, 2.24) is 19.6 Å². The summed E-state index contributed by atoms with van der Waals surface area (Å²) in [6, 6.07) is 7.15. The minimum absolute atomic E-state index is 0.166. The van der Waals surface area contributed by atoms with Crippen LogP contribution >= 0.6 is 0 Å². The quantitative estimate of drug-likeness (QED) is 0.807. The van der Waals surface area contributed by atoms with Crippen molar-refractivity contribution in [3.8, 4) is 0 Å². The van der Waals surface area contributed by atoms with E-state index in [1.807, 2.05) is 24.8 Å². The monoisotopic (exact) mass is 382 g/mol. The van der Waals surface area contributed by atoms with Gasteiger partial charge in [0.2, 0.25) is 5.91 Å². The predicted octanol–water partition coefficient (Wildman–Crippen LogP) is 1.75. The zero-order chi connectivity index (χ0) is 19.8. The van der Waals surface area contributed by atoms with Crippen LogP contribution in [0.1, 0.15) is 37.2 Å². The van der Waals surface area contributed by atoms with E-state index in [4.69, 9.17) is 0 Å². The third-order valence-electron chi connectivity index (χ3n) is 5.41. The lowest BCUT2D eigenvalue weighted by molar-refractivity contribution is -0.134. The molecule has 0 spiro atoms. The fourth-order valence-electron chi connectivity index (χ4n) is 3.73. The molecule has 4 rings (SSSR count). The zero-order valence-corrected chi connectivity index (χ0v) is 16.4. The van der Waals surface area contributed by atoms with Gasteiger partial charge in [0.25, 0.3) is 11.5 Å². The fraction of sp³-hybridized carbons (Fsp3) is 0.524. The predicted molar refractivity (Wildman–Crippen MR) is 106 cm³/mol. The molecular formula is C21H26N4O3. The van der Waals surface area contributed by atoms with E-state index in [1.165, 1.54) is 4.68 Å². The maximum atomic E-state index is 13.2. The van der Waals surface area contributed by atoms with E-state index in [0.717, 1.165) is 12.8 Å². The van der Waals surface area contributed by atoms with Crippen molar-refractivity contribution < 1.29 is 9.59 Å². The second-order valence-corrected chi connectivity index (χ2v) is 8.17. The Bertz CT molecular complexity index is 969. The van der Waals surface area contributed by atoms with Gasteiger partial charge < -0.3 is 9.80 Å². The van der Waals surface area contributed by atoms with Crippen LogP contribution in [0.15, 0.2) is 29.1 Å². The number of piperazine rings is 1. The molecule has 28 heavy (non-hydrogen) atoms. The summed E-state index contributed by atoms with van der Waals surface area (Å²) in [5, 5.41) is 5.55. The number of carbonyl (C=O) groups excluding carboxylic acids is 2. The van der Waals surface area contributed by atoms with Gasteiger partial charge in [-0.1, -0.05) is 32.0 Å². The molecule has 0 atom stereocenters. The molecule has 7 heteroatoms. The molecule has 2 aliphatic rings. The Kier molecular flexibility index (Phi) is 4.91. The molecular weight excluding hydrogens is 356 g/mol. The Morgan fingerprint density at radius 3 is 2.25 bits per heavy atom. The van der Waals surface area contributed by atoms with Crippen molar-refractivity contribution in [2.75, 3.05) is 26.2 Å². The summed E-state index contributed by atoms with van der Waals surface area (Å²) < 4.78 is 1.41. The second-order valence-electron chi connectivity index (χ2n) is 8.17. The van der Waals surface area contributed by atoms with Crippen molar-refractivity contribution in [3.05, 3.63) is 40.3 Å². The molecule has 1 aliphatic heterocycles. The molecule has 2 amide bonds. The van der Waals surface area contributed by atoms with Gasteiger partial charge in [0.05, 0.1) is 5.39 Å². The molecule has 148 valence electrons. The van der Waals surface area contributed by atoms with Crippen LogP contribution in [0.4, 0.5) is 0 Å². The Balaban J connectivity index is 1.61. The van der Waals surface area contributed by atoms with Crippen LogP contribution in [0, 0.1) is 11.8 Å².